The summed E-state index contributed by atoms with van der Waals surface area (Å²) >= 11 is 0. The Bertz CT molecular complexity index is 1370. The van der Waals surface area contributed by atoms with Gasteiger partial charge in [0.25, 0.3) is 5.91 Å². The van der Waals surface area contributed by atoms with Crippen molar-refractivity contribution in [1.82, 2.24) is 20.4 Å². The van der Waals surface area contributed by atoms with Crippen molar-refractivity contribution in [3.63, 3.8) is 0 Å². The number of amides is 4. The summed E-state index contributed by atoms with van der Waals surface area (Å²) in [6.45, 7) is 6.51. The highest BCUT2D eigenvalue weighted by molar-refractivity contribution is 6.03. The fraction of sp³-hybridized carbons (Fsp3) is 0.281. The standard InChI is InChI=1S/C32H34N4O3/c1-32(2,3)24-17-15-23(16-18-24)29-27-25(35(4)31(39)34-29)19-36(30(27)38)20-26(37)33-28(21-11-7-5-8-12-21)22-13-9-6-10-14-22/h5-18,28-29H,19-20H2,1-4H3,(H,33,37)(H,34,39). The van der Waals surface area contributed by atoms with Crippen molar-refractivity contribution in [1.29, 1.82) is 0 Å². The summed E-state index contributed by atoms with van der Waals surface area (Å²) in [4.78, 5) is 42.8. The van der Waals surface area contributed by atoms with Gasteiger partial charge in [0.2, 0.25) is 5.91 Å². The van der Waals surface area contributed by atoms with E-state index in [1.807, 2.05) is 84.9 Å². The highest BCUT2D eigenvalue weighted by atomic mass is 16.2. The first-order chi connectivity index (χ1) is 18.6. The molecule has 2 aliphatic heterocycles. The monoisotopic (exact) mass is 522 g/mol. The summed E-state index contributed by atoms with van der Waals surface area (Å²) in [6.07, 6.45) is 0. The van der Waals surface area contributed by atoms with Crippen molar-refractivity contribution in [2.45, 2.75) is 38.3 Å². The fourth-order valence-corrected chi connectivity index (χ4v) is 5.21. The third-order valence-corrected chi connectivity index (χ3v) is 7.45. The number of carbonyl (C=O) groups excluding carboxylic acids is 3. The number of nitrogens with one attached hydrogen (secondary N) is 2. The molecular formula is C32H34N4O3. The largest absolute Gasteiger partial charge is 0.344 e. The van der Waals surface area contributed by atoms with Gasteiger partial charge in [0, 0.05) is 7.05 Å². The van der Waals surface area contributed by atoms with Crippen LogP contribution in [0.4, 0.5) is 4.79 Å². The molecule has 0 radical (unpaired) electrons. The van der Waals surface area contributed by atoms with E-state index in [2.05, 4.69) is 31.4 Å². The predicted molar refractivity (Wildman–Crippen MR) is 151 cm³/mol. The third-order valence-electron chi connectivity index (χ3n) is 7.45. The van der Waals surface area contributed by atoms with Crippen molar-refractivity contribution >= 4 is 17.8 Å². The molecule has 1 unspecified atom stereocenters. The molecule has 7 heteroatoms. The number of hydrogen-bond donors (Lipinski definition) is 2. The van der Waals surface area contributed by atoms with Gasteiger partial charge in [-0.1, -0.05) is 106 Å². The van der Waals surface area contributed by atoms with Gasteiger partial charge >= 0.3 is 6.03 Å². The van der Waals surface area contributed by atoms with Crippen LogP contribution < -0.4 is 10.6 Å². The van der Waals surface area contributed by atoms with Gasteiger partial charge in [-0.15, -0.1) is 0 Å². The SMILES string of the molecule is CN1C(=O)NC(c2ccc(C(C)(C)C)cc2)C2=C1CN(CC(=O)NC(c1ccccc1)c1ccccc1)C2=O. The molecule has 2 aliphatic rings. The lowest BCUT2D eigenvalue weighted by molar-refractivity contribution is -0.132. The van der Waals surface area contributed by atoms with Crippen LogP contribution in [0, 0.1) is 0 Å². The van der Waals surface area contributed by atoms with E-state index in [1.54, 1.807) is 7.05 Å². The Kier molecular flexibility index (Phi) is 7.00. The van der Waals surface area contributed by atoms with E-state index in [0.717, 1.165) is 16.7 Å². The fourth-order valence-electron chi connectivity index (χ4n) is 5.21. The van der Waals surface area contributed by atoms with Crippen LogP contribution >= 0.6 is 0 Å². The van der Waals surface area contributed by atoms with Crippen LogP contribution in [0.3, 0.4) is 0 Å². The Hall–Kier alpha value is -4.39. The molecule has 0 saturated heterocycles. The molecule has 2 heterocycles. The number of benzene rings is 3. The second-order valence-corrected chi connectivity index (χ2v) is 11.2. The van der Waals surface area contributed by atoms with Gasteiger partial charge in [-0.05, 0) is 27.7 Å². The highest BCUT2D eigenvalue weighted by Gasteiger charge is 2.43. The van der Waals surface area contributed by atoms with Crippen LogP contribution in [-0.4, -0.2) is 47.8 Å². The Balaban J connectivity index is 1.36. The zero-order valence-corrected chi connectivity index (χ0v) is 22.8. The maximum absolute atomic E-state index is 13.7. The predicted octanol–water partition coefficient (Wildman–Crippen LogP) is 4.68. The first-order valence-electron chi connectivity index (χ1n) is 13.2. The van der Waals surface area contributed by atoms with Crippen LogP contribution in [0.2, 0.25) is 0 Å². The molecular weight excluding hydrogens is 488 g/mol. The van der Waals surface area contributed by atoms with Crippen molar-refractivity contribution in [2.24, 2.45) is 0 Å². The molecule has 3 aromatic carbocycles. The Labute approximate surface area is 229 Å². The first kappa shape index (κ1) is 26.2. The normalized spacial score (nSPS) is 17.4. The Morgan fingerprint density at radius 3 is 2.03 bits per heavy atom. The molecule has 200 valence electrons. The molecule has 3 aromatic rings. The molecule has 0 aromatic heterocycles. The molecule has 1 atom stereocenters. The zero-order valence-electron chi connectivity index (χ0n) is 22.8. The number of carbonyl (C=O) groups is 3. The smallest absolute Gasteiger partial charge is 0.322 e. The lowest BCUT2D eigenvalue weighted by Gasteiger charge is -2.31. The van der Waals surface area contributed by atoms with Gasteiger partial charge in [0.15, 0.2) is 0 Å². The molecule has 0 aliphatic carbocycles. The number of rotatable bonds is 6. The van der Waals surface area contributed by atoms with Gasteiger partial charge in [0.05, 0.1) is 29.9 Å². The summed E-state index contributed by atoms with van der Waals surface area (Å²) in [5.41, 5.74) is 5.04. The van der Waals surface area contributed by atoms with Crippen LogP contribution in [0.1, 0.15) is 55.1 Å². The Morgan fingerprint density at radius 2 is 1.49 bits per heavy atom. The number of nitrogens with zero attached hydrogens (tertiary/aromatic N) is 2. The van der Waals surface area contributed by atoms with E-state index >= 15 is 0 Å². The number of urea groups is 1. The van der Waals surface area contributed by atoms with E-state index in [1.165, 1.54) is 15.4 Å². The molecule has 0 fully saturated rings. The van der Waals surface area contributed by atoms with E-state index in [0.29, 0.717) is 11.3 Å². The first-order valence-corrected chi connectivity index (χ1v) is 13.2. The highest BCUT2D eigenvalue weighted by Crippen LogP contribution is 2.36. The van der Waals surface area contributed by atoms with Gasteiger partial charge < -0.3 is 15.5 Å². The van der Waals surface area contributed by atoms with E-state index < -0.39 is 6.04 Å². The number of likely N-dealkylation sites (N-methyl/N-ethyl adjacent to an activating group) is 1. The number of hydrogen-bond acceptors (Lipinski definition) is 3. The minimum atomic E-state index is -0.570. The quantitative estimate of drug-likeness (QED) is 0.493. The van der Waals surface area contributed by atoms with E-state index in [9.17, 15) is 14.4 Å². The maximum atomic E-state index is 13.7. The van der Waals surface area contributed by atoms with E-state index in [4.69, 9.17) is 0 Å². The van der Waals surface area contributed by atoms with Gasteiger partial charge in [-0.25, -0.2) is 4.79 Å². The minimum absolute atomic E-state index is 0.0102. The van der Waals surface area contributed by atoms with Crippen molar-refractivity contribution in [2.75, 3.05) is 20.1 Å². The average molecular weight is 523 g/mol. The molecule has 0 bridgehead atoms. The third kappa shape index (κ3) is 5.30. The summed E-state index contributed by atoms with van der Waals surface area (Å²) in [5.74, 6) is -0.512. The van der Waals surface area contributed by atoms with Crippen molar-refractivity contribution < 1.29 is 14.4 Å². The lowest BCUT2D eigenvalue weighted by atomic mass is 9.85. The maximum Gasteiger partial charge on any atom is 0.322 e. The molecule has 4 amide bonds. The van der Waals surface area contributed by atoms with Crippen LogP contribution in [0.15, 0.2) is 96.2 Å². The van der Waals surface area contributed by atoms with Crippen LogP contribution in [0.5, 0.6) is 0 Å². The van der Waals surface area contributed by atoms with Gasteiger partial charge in [-0.3, -0.25) is 14.5 Å². The topological polar surface area (TPSA) is 81.8 Å². The lowest BCUT2D eigenvalue weighted by Crippen LogP contribution is -2.45. The molecule has 39 heavy (non-hydrogen) atoms. The molecule has 2 N–H and O–H groups in total. The summed E-state index contributed by atoms with van der Waals surface area (Å²) in [6, 6.07) is 26.3. The van der Waals surface area contributed by atoms with Gasteiger partial charge in [0.1, 0.15) is 6.54 Å². The summed E-state index contributed by atoms with van der Waals surface area (Å²) < 4.78 is 0. The molecule has 5 rings (SSSR count). The van der Waals surface area contributed by atoms with Crippen molar-refractivity contribution in [3.05, 3.63) is 118 Å². The summed E-state index contributed by atoms with van der Waals surface area (Å²) in [5, 5.41) is 6.09. The van der Waals surface area contributed by atoms with Gasteiger partial charge in [-0.2, -0.15) is 0 Å². The Morgan fingerprint density at radius 1 is 0.923 bits per heavy atom. The summed E-state index contributed by atoms with van der Waals surface area (Å²) in [7, 11) is 1.65. The average Bonchev–Trinajstić information content (AvgIpc) is 3.25. The molecule has 7 nitrogen and oxygen atoms in total. The molecule has 0 saturated carbocycles. The second-order valence-electron chi connectivity index (χ2n) is 11.2. The molecule has 0 spiro atoms. The van der Waals surface area contributed by atoms with Crippen molar-refractivity contribution in [3.8, 4) is 0 Å². The van der Waals surface area contributed by atoms with Crippen LogP contribution in [-0.2, 0) is 15.0 Å². The van der Waals surface area contributed by atoms with E-state index in [-0.39, 0.29) is 42.4 Å². The zero-order chi connectivity index (χ0) is 27.7. The van der Waals surface area contributed by atoms with Crippen LogP contribution in [0.25, 0.3) is 0 Å². The second kappa shape index (κ2) is 10.4. The minimum Gasteiger partial charge on any atom is -0.344 e.